The zero-order chi connectivity index (χ0) is 15.2. The lowest BCUT2D eigenvalue weighted by Crippen LogP contribution is -2.05. The monoisotopic (exact) mass is 285 g/mol. The molecule has 0 radical (unpaired) electrons. The van der Waals surface area contributed by atoms with Gasteiger partial charge < -0.3 is 14.8 Å². The summed E-state index contributed by atoms with van der Waals surface area (Å²) in [6.45, 7) is 7.56. The number of anilines is 1. The zero-order valence-electron chi connectivity index (χ0n) is 13.2. The summed E-state index contributed by atoms with van der Waals surface area (Å²) in [7, 11) is 1.68. The van der Waals surface area contributed by atoms with E-state index < -0.39 is 0 Å². The molecule has 21 heavy (non-hydrogen) atoms. The van der Waals surface area contributed by atoms with Gasteiger partial charge in [-0.05, 0) is 44.0 Å². The molecule has 0 saturated carbocycles. The van der Waals surface area contributed by atoms with Gasteiger partial charge in [-0.15, -0.1) is 0 Å². The molecular formula is C18H23NO2. The topological polar surface area (TPSA) is 30.5 Å². The maximum Gasteiger partial charge on any atom is 0.165 e. The lowest BCUT2D eigenvalue weighted by atomic mass is 10.1. The lowest BCUT2D eigenvalue weighted by molar-refractivity contribution is 0.309. The van der Waals surface area contributed by atoms with Crippen LogP contribution < -0.4 is 14.8 Å². The largest absolute Gasteiger partial charge is 0.493 e. The van der Waals surface area contributed by atoms with Crippen molar-refractivity contribution in [1.29, 1.82) is 0 Å². The summed E-state index contributed by atoms with van der Waals surface area (Å²) in [4.78, 5) is 0. The second-order valence-electron chi connectivity index (χ2n) is 4.98. The van der Waals surface area contributed by atoms with Crippen LogP contribution >= 0.6 is 0 Å². The van der Waals surface area contributed by atoms with Gasteiger partial charge in [-0.25, -0.2) is 0 Å². The molecule has 0 aromatic heterocycles. The van der Waals surface area contributed by atoms with Crippen molar-refractivity contribution >= 4 is 5.69 Å². The average molecular weight is 285 g/mol. The highest BCUT2D eigenvalue weighted by atomic mass is 16.5. The van der Waals surface area contributed by atoms with Gasteiger partial charge in [0.1, 0.15) is 0 Å². The number of methoxy groups -OCH3 is 1. The van der Waals surface area contributed by atoms with Crippen molar-refractivity contribution in [1.82, 2.24) is 0 Å². The predicted molar refractivity (Wildman–Crippen MR) is 87.4 cm³/mol. The minimum absolute atomic E-state index is 0.629. The second-order valence-corrected chi connectivity index (χ2v) is 4.98. The number of para-hydroxylation sites is 1. The summed E-state index contributed by atoms with van der Waals surface area (Å²) in [6, 6.07) is 12.3. The maximum absolute atomic E-state index is 5.61. The fourth-order valence-electron chi connectivity index (χ4n) is 2.33. The van der Waals surface area contributed by atoms with Gasteiger partial charge in [-0.3, -0.25) is 0 Å². The SMILES string of the molecule is CCOc1cccc(CNc2cccc(C)c2C)c1OC. The van der Waals surface area contributed by atoms with Crippen LogP contribution in [0.2, 0.25) is 0 Å². The molecule has 112 valence electrons. The zero-order valence-corrected chi connectivity index (χ0v) is 13.2. The first-order valence-electron chi connectivity index (χ1n) is 7.26. The Labute approximate surface area is 126 Å². The van der Waals surface area contributed by atoms with Gasteiger partial charge in [0.2, 0.25) is 0 Å². The van der Waals surface area contributed by atoms with Gasteiger partial charge in [-0.2, -0.15) is 0 Å². The summed E-state index contributed by atoms with van der Waals surface area (Å²) in [5.41, 5.74) is 4.80. The third kappa shape index (κ3) is 3.48. The summed E-state index contributed by atoms with van der Waals surface area (Å²) in [5, 5.41) is 3.48. The molecular weight excluding hydrogens is 262 g/mol. The van der Waals surface area contributed by atoms with Crippen LogP contribution in [0.4, 0.5) is 5.69 Å². The standard InChI is InChI=1S/C18H23NO2/c1-5-21-17-11-7-9-15(18(17)20-4)12-19-16-10-6-8-13(2)14(16)3/h6-11,19H,5,12H2,1-4H3. The first-order valence-corrected chi connectivity index (χ1v) is 7.26. The van der Waals surface area contributed by atoms with Crippen LogP contribution in [0.15, 0.2) is 36.4 Å². The van der Waals surface area contributed by atoms with Gasteiger partial charge in [0.05, 0.1) is 13.7 Å². The molecule has 3 heteroatoms. The molecule has 2 aromatic carbocycles. The summed E-state index contributed by atoms with van der Waals surface area (Å²) < 4.78 is 11.1. The highest BCUT2D eigenvalue weighted by Crippen LogP contribution is 2.31. The molecule has 0 fully saturated rings. The van der Waals surface area contributed by atoms with Crippen LogP contribution in [0, 0.1) is 13.8 Å². The third-order valence-electron chi connectivity index (χ3n) is 3.64. The molecule has 3 nitrogen and oxygen atoms in total. The fourth-order valence-corrected chi connectivity index (χ4v) is 2.33. The number of aryl methyl sites for hydroxylation is 1. The maximum atomic E-state index is 5.61. The Morgan fingerprint density at radius 3 is 2.52 bits per heavy atom. The molecule has 0 bridgehead atoms. The van der Waals surface area contributed by atoms with Gasteiger partial charge in [-0.1, -0.05) is 24.3 Å². The molecule has 0 aliphatic rings. The van der Waals surface area contributed by atoms with E-state index in [2.05, 4.69) is 43.4 Å². The third-order valence-corrected chi connectivity index (χ3v) is 3.64. The van der Waals surface area contributed by atoms with Crippen molar-refractivity contribution in [3.63, 3.8) is 0 Å². The van der Waals surface area contributed by atoms with E-state index in [-0.39, 0.29) is 0 Å². The molecule has 0 atom stereocenters. The van der Waals surface area contributed by atoms with Crippen LogP contribution in [0.25, 0.3) is 0 Å². The number of hydrogen-bond acceptors (Lipinski definition) is 3. The van der Waals surface area contributed by atoms with E-state index >= 15 is 0 Å². The minimum Gasteiger partial charge on any atom is -0.493 e. The van der Waals surface area contributed by atoms with Crippen LogP contribution in [0.1, 0.15) is 23.6 Å². The normalized spacial score (nSPS) is 10.3. The smallest absolute Gasteiger partial charge is 0.165 e. The molecule has 0 heterocycles. The van der Waals surface area contributed by atoms with Crippen LogP contribution in [0.3, 0.4) is 0 Å². The van der Waals surface area contributed by atoms with Crippen molar-refractivity contribution in [2.24, 2.45) is 0 Å². The molecule has 0 amide bonds. The van der Waals surface area contributed by atoms with Crippen molar-refractivity contribution in [2.45, 2.75) is 27.3 Å². The van der Waals surface area contributed by atoms with E-state index in [1.54, 1.807) is 7.11 Å². The molecule has 0 aliphatic carbocycles. The number of ether oxygens (including phenoxy) is 2. The van der Waals surface area contributed by atoms with Gasteiger partial charge in [0.25, 0.3) is 0 Å². The number of nitrogens with one attached hydrogen (secondary N) is 1. The molecule has 0 unspecified atom stereocenters. The number of hydrogen-bond donors (Lipinski definition) is 1. The van der Waals surface area contributed by atoms with Crippen molar-refractivity contribution < 1.29 is 9.47 Å². The average Bonchev–Trinajstić information content (AvgIpc) is 2.49. The Balaban J connectivity index is 2.20. The fraction of sp³-hybridized carbons (Fsp3) is 0.333. The Morgan fingerprint density at radius 1 is 1.05 bits per heavy atom. The number of rotatable bonds is 6. The Bertz CT molecular complexity index is 608. The van der Waals surface area contributed by atoms with E-state index in [1.165, 1.54) is 11.1 Å². The van der Waals surface area contributed by atoms with Gasteiger partial charge >= 0.3 is 0 Å². The number of benzene rings is 2. The van der Waals surface area contributed by atoms with Crippen LogP contribution in [-0.2, 0) is 6.54 Å². The van der Waals surface area contributed by atoms with E-state index in [4.69, 9.17) is 9.47 Å². The molecule has 2 rings (SSSR count). The van der Waals surface area contributed by atoms with E-state index in [1.807, 2.05) is 19.1 Å². The van der Waals surface area contributed by atoms with E-state index in [9.17, 15) is 0 Å². The molecule has 2 aromatic rings. The molecule has 0 saturated heterocycles. The Hall–Kier alpha value is -2.16. The van der Waals surface area contributed by atoms with Crippen LogP contribution in [-0.4, -0.2) is 13.7 Å². The second kappa shape index (κ2) is 7.02. The molecule has 0 spiro atoms. The minimum atomic E-state index is 0.629. The van der Waals surface area contributed by atoms with Crippen molar-refractivity contribution in [3.8, 4) is 11.5 Å². The van der Waals surface area contributed by atoms with Crippen molar-refractivity contribution in [3.05, 3.63) is 53.1 Å². The Morgan fingerprint density at radius 2 is 1.81 bits per heavy atom. The summed E-state index contributed by atoms with van der Waals surface area (Å²) >= 11 is 0. The predicted octanol–water partition coefficient (Wildman–Crippen LogP) is 4.32. The van der Waals surface area contributed by atoms with E-state index in [0.29, 0.717) is 13.2 Å². The molecule has 0 aliphatic heterocycles. The Kier molecular flexibility index (Phi) is 5.09. The van der Waals surface area contributed by atoms with Crippen molar-refractivity contribution in [2.75, 3.05) is 19.0 Å². The lowest BCUT2D eigenvalue weighted by Gasteiger charge is -2.16. The summed E-state index contributed by atoms with van der Waals surface area (Å²) in [6.07, 6.45) is 0. The first-order chi connectivity index (χ1) is 10.2. The van der Waals surface area contributed by atoms with E-state index in [0.717, 1.165) is 22.7 Å². The van der Waals surface area contributed by atoms with Gasteiger partial charge in [0, 0.05) is 17.8 Å². The summed E-state index contributed by atoms with van der Waals surface area (Å²) in [5.74, 6) is 1.59. The highest BCUT2D eigenvalue weighted by Gasteiger charge is 2.10. The highest BCUT2D eigenvalue weighted by molar-refractivity contribution is 5.55. The molecule has 1 N–H and O–H groups in total. The van der Waals surface area contributed by atoms with Gasteiger partial charge in [0.15, 0.2) is 11.5 Å². The first kappa shape index (κ1) is 15.2. The van der Waals surface area contributed by atoms with Crippen LogP contribution in [0.5, 0.6) is 11.5 Å². The quantitative estimate of drug-likeness (QED) is 0.857.